The maximum Gasteiger partial charge on any atom is 0.267 e. The van der Waals surface area contributed by atoms with Crippen LogP contribution in [0, 0.1) is 0 Å². The molecule has 0 fully saturated rings. The van der Waals surface area contributed by atoms with Gasteiger partial charge in [0.05, 0.1) is 5.56 Å². The largest absolute Gasteiger partial charge is 0.364 e. The van der Waals surface area contributed by atoms with Crippen LogP contribution >= 0.6 is 12.4 Å². The summed E-state index contributed by atoms with van der Waals surface area (Å²) in [5.41, 5.74) is 5.62. The van der Waals surface area contributed by atoms with Crippen LogP contribution in [-0.4, -0.2) is 36.4 Å². The molecule has 0 spiro atoms. The molecule has 19 heavy (non-hydrogen) atoms. The standard InChI is InChI=1S/C12H18N4O2.ClH/c1-2-5-14-6-7-15-12(18)9-3-4-10(11(13)17)16-8-9;/h3-4,8,14H,2,5-7H2,1H3,(H2,13,17)(H,15,18);1H. The maximum absolute atomic E-state index is 11.7. The number of carbonyl (C=O) groups excluding carboxylic acids is 2. The summed E-state index contributed by atoms with van der Waals surface area (Å²) in [7, 11) is 0. The van der Waals surface area contributed by atoms with E-state index in [1.165, 1.54) is 18.3 Å². The van der Waals surface area contributed by atoms with Gasteiger partial charge in [-0.3, -0.25) is 14.6 Å². The Labute approximate surface area is 118 Å². The summed E-state index contributed by atoms with van der Waals surface area (Å²) < 4.78 is 0. The number of pyridine rings is 1. The van der Waals surface area contributed by atoms with Crippen LogP contribution in [0.1, 0.15) is 34.2 Å². The van der Waals surface area contributed by atoms with Gasteiger partial charge in [-0.05, 0) is 25.1 Å². The highest BCUT2D eigenvalue weighted by Crippen LogP contribution is 1.99. The number of primary amides is 1. The molecule has 0 aliphatic heterocycles. The van der Waals surface area contributed by atoms with Gasteiger partial charge in [-0.2, -0.15) is 0 Å². The van der Waals surface area contributed by atoms with Gasteiger partial charge in [0.1, 0.15) is 5.69 Å². The third kappa shape index (κ3) is 6.17. The first kappa shape index (κ1) is 17.3. The second kappa shape index (κ2) is 9.29. The summed E-state index contributed by atoms with van der Waals surface area (Å²) in [6.07, 6.45) is 2.40. The van der Waals surface area contributed by atoms with Gasteiger partial charge in [0.15, 0.2) is 0 Å². The molecule has 1 rings (SSSR count). The van der Waals surface area contributed by atoms with Crippen LogP contribution < -0.4 is 16.4 Å². The molecule has 0 aliphatic carbocycles. The molecule has 1 heterocycles. The van der Waals surface area contributed by atoms with E-state index in [-0.39, 0.29) is 24.0 Å². The number of amides is 2. The lowest BCUT2D eigenvalue weighted by molar-refractivity contribution is 0.0950. The zero-order valence-electron chi connectivity index (χ0n) is 10.8. The fourth-order valence-corrected chi connectivity index (χ4v) is 1.34. The SMILES string of the molecule is CCCNCCNC(=O)c1ccc(C(N)=O)nc1.Cl. The van der Waals surface area contributed by atoms with E-state index >= 15 is 0 Å². The van der Waals surface area contributed by atoms with Crippen LogP contribution in [0.3, 0.4) is 0 Å². The third-order valence-corrected chi connectivity index (χ3v) is 2.29. The molecule has 0 aliphatic rings. The quantitative estimate of drug-likeness (QED) is 0.629. The Morgan fingerprint density at radius 1 is 1.26 bits per heavy atom. The lowest BCUT2D eigenvalue weighted by Crippen LogP contribution is -2.32. The van der Waals surface area contributed by atoms with Crippen LogP contribution in [-0.2, 0) is 0 Å². The Morgan fingerprint density at radius 3 is 2.53 bits per heavy atom. The number of nitrogens with one attached hydrogen (secondary N) is 2. The van der Waals surface area contributed by atoms with Crippen molar-refractivity contribution in [1.82, 2.24) is 15.6 Å². The molecule has 2 amide bonds. The van der Waals surface area contributed by atoms with Gasteiger partial charge in [0, 0.05) is 19.3 Å². The van der Waals surface area contributed by atoms with Gasteiger partial charge < -0.3 is 16.4 Å². The van der Waals surface area contributed by atoms with Gasteiger partial charge in [-0.25, -0.2) is 0 Å². The Morgan fingerprint density at radius 2 is 2.00 bits per heavy atom. The predicted octanol–water partition coefficient (Wildman–Crippen LogP) is 0.332. The van der Waals surface area contributed by atoms with Crippen molar-refractivity contribution in [2.45, 2.75) is 13.3 Å². The van der Waals surface area contributed by atoms with Crippen molar-refractivity contribution in [3.8, 4) is 0 Å². The number of nitrogens with zero attached hydrogens (tertiary/aromatic N) is 1. The van der Waals surface area contributed by atoms with E-state index in [1.54, 1.807) is 0 Å². The second-order valence-electron chi connectivity index (χ2n) is 3.80. The summed E-state index contributed by atoms with van der Waals surface area (Å²) in [6, 6.07) is 2.97. The third-order valence-electron chi connectivity index (χ3n) is 2.29. The molecular weight excluding hydrogens is 268 g/mol. The molecule has 6 nitrogen and oxygen atoms in total. The number of carbonyl (C=O) groups is 2. The summed E-state index contributed by atoms with van der Waals surface area (Å²) >= 11 is 0. The minimum atomic E-state index is -0.606. The van der Waals surface area contributed by atoms with Crippen LogP contribution in [0.25, 0.3) is 0 Å². The molecular formula is C12H19ClN4O2. The van der Waals surface area contributed by atoms with Crippen molar-refractivity contribution >= 4 is 24.2 Å². The van der Waals surface area contributed by atoms with E-state index in [1.807, 2.05) is 0 Å². The number of hydrogen-bond acceptors (Lipinski definition) is 4. The Balaban J connectivity index is 0.00000324. The van der Waals surface area contributed by atoms with Gasteiger partial charge in [-0.15, -0.1) is 12.4 Å². The van der Waals surface area contributed by atoms with Crippen molar-refractivity contribution in [3.63, 3.8) is 0 Å². The fourth-order valence-electron chi connectivity index (χ4n) is 1.34. The van der Waals surface area contributed by atoms with Gasteiger partial charge in [-0.1, -0.05) is 6.92 Å². The molecule has 0 saturated carbocycles. The number of aromatic nitrogens is 1. The number of nitrogens with two attached hydrogens (primary N) is 1. The summed E-state index contributed by atoms with van der Waals surface area (Å²) in [4.78, 5) is 26.3. The number of rotatable bonds is 7. The second-order valence-corrected chi connectivity index (χ2v) is 3.80. The minimum Gasteiger partial charge on any atom is -0.364 e. The van der Waals surface area contributed by atoms with Crippen molar-refractivity contribution in [1.29, 1.82) is 0 Å². The van der Waals surface area contributed by atoms with Crippen LogP contribution in [0.15, 0.2) is 18.3 Å². The zero-order chi connectivity index (χ0) is 13.4. The van der Waals surface area contributed by atoms with Crippen LogP contribution in [0.2, 0.25) is 0 Å². The van der Waals surface area contributed by atoms with Gasteiger partial charge in [0.2, 0.25) is 0 Å². The van der Waals surface area contributed by atoms with Crippen molar-refractivity contribution in [3.05, 3.63) is 29.6 Å². The van der Waals surface area contributed by atoms with E-state index in [9.17, 15) is 9.59 Å². The smallest absolute Gasteiger partial charge is 0.267 e. The fraction of sp³-hybridized carbons (Fsp3) is 0.417. The average Bonchev–Trinajstić information content (AvgIpc) is 2.38. The van der Waals surface area contributed by atoms with E-state index in [2.05, 4.69) is 22.5 Å². The van der Waals surface area contributed by atoms with Crippen molar-refractivity contribution in [2.24, 2.45) is 5.73 Å². The number of hydrogen-bond donors (Lipinski definition) is 3. The van der Waals surface area contributed by atoms with Crippen molar-refractivity contribution < 1.29 is 9.59 Å². The molecule has 7 heteroatoms. The maximum atomic E-state index is 11.7. The zero-order valence-corrected chi connectivity index (χ0v) is 11.6. The topological polar surface area (TPSA) is 97.1 Å². The monoisotopic (exact) mass is 286 g/mol. The molecule has 1 aromatic rings. The Hall–Kier alpha value is -1.66. The first-order valence-electron chi connectivity index (χ1n) is 5.90. The molecule has 4 N–H and O–H groups in total. The molecule has 0 bridgehead atoms. The van der Waals surface area contributed by atoms with E-state index in [0.717, 1.165) is 19.5 Å². The molecule has 0 unspecified atom stereocenters. The summed E-state index contributed by atoms with van der Waals surface area (Å²) in [5, 5.41) is 5.92. The van der Waals surface area contributed by atoms with Crippen LogP contribution in [0.4, 0.5) is 0 Å². The normalized spacial score (nSPS) is 9.53. The van der Waals surface area contributed by atoms with Gasteiger partial charge >= 0.3 is 0 Å². The number of halogens is 1. The lowest BCUT2D eigenvalue weighted by atomic mass is 10.2. The highest BCUT2D eigenvalue weighted by molar-refractivity contribution is 5.95. The highest BCUT2D eigenvalue weighted by Gasteiger charge is 2.07. The molecule has 106 valence electrons. The lowest BCUT2D eigenvalue weighted by Gasteiger charge is -2.06. The summed E-state index contributed by atoms with van der Waals surface area (Å²) in [5.74, 6) is -0.817. The molecule has 0 radical (unpaired) electrons. The Bertz CT molecular complexity index is 409. The molecule has 0 atom stereocenters. The Kier molecular flexibility index (Phi) is 8.48. The molecule has 0 aromatic carbocycles. The first-order valence-corrected chi connectivity index (χ1v) is 5.90. The summed E-state index contributed by atoms with van der Waals surface area (Å²) in [6.45, 7) is 4.30. The first-order chi connectivity index (χ1) is 8.65. The van der Waals surface area contributed by atoms with Gasteiger partial charge in [0.25, 0.3) is 11.8 Å². The average molecular weight is 287 g/mol. The predicted molar refractivity (Wildman–Crippen MR) is 75.5 cm³/mol. The van der Waals surface area contributed by atoms with Crippen LogP contribution in [0.5, 0.6) is 0 Å². The van der Waals surface area contributed by atoms with E-state index in [0.29, 0.717) is 12.1 Å². The molecule has 1 aromatic heterocycles. The van der Waals surface area contributed by atoms with E-state index in [4.69, 9.17) is 5.73 Å². The minimum absolute atomic E-state index is 0. The van der Waals surface area contributed by atoms with E-state index < -0.39 is 5.91 Å². The highest BCUT2D eigenvalue weighted by atomic mass is 35.5. The molecule has 0 saturated heterocycles. The van der Waals surface area contributed by atoms with Crippen molar-refractivity contribution in [2.75, 3.05) is 19.6 Å².